The number of anilines is 1. The predicted molar refractivity (Wildman–Crippen MR) is 123 cm³/mol. The molecule has 2 aromatic heterocycles. The summed E-state index contributed by atoms with van der Waals surface area (Å²) in [7, 11) is 0. The van der Waals surface area contributed by atoms with Crippen LogP contribution in [0.2, 0.25) is 0 Å². The number of nitrogens with zero attached hydrogens (tertiary/aromatic N) is 2. The van der Waals surface area contributed by atoms with Crippen molar-refractivity contribution in [3.05, 3.63) is 71.6 Å². The Balaban J connectivity index is 1.38. The van der Waals surface area contributed by atoms with E-state index in [1.165, 1.54) is 12.5 Å². The van der Waals surface area contributed by atoms with Crippen LogP contribution in [0.4, 0.5) is 19.0 Å². The molecule has 0 amide bonds. The molecule has 1 saturated carbocycles. The van der Waals surface area contributed by atoms with Crippen LogP contribution in [0.1, 0.15) is 55.1 Å². The Morgan fingerprint density at radius 1 is 1.06 bits per heavy atom. The Kier molecular flexibility index (Phi) is 6.17. The van der Waals surface area contributed by atoms with Crippen LogP contribution in [0.5, 0.6) is 0 Å². The molecule has 2 N–H and O–H groups in total. The van der Waals surface area contributed by atoms with E-state index in [9.17, 15) is 13.2 Å². The first-order valence-electron chi connectivity index (χ1n) is 11.1. The molecule has 3 aromatic rings. The maximum Gasteiger partial charge on any atom is 0.435 e. The summed E-state index contributed by atoms with van der Waals surface area (Å²) >= 11 is 0. The van der Waals surface area contributed by atoms with E-state index in [2.05, 4.69) is 53.4 Å². The molecular weight excluding hydrogens is 413 g/mol. The van der Waals surface area contributed by atoms with Gasteiger partial charge in [-0.1, -0.05) is 43.8 Å². The van der Waals surface area contributed by atoms with E-state index in [0.717, 1.165) is 43.4 Å². The minimum Gasteiger partial charge on any atom is -0.382 e. The highest BCUT2D eigenvalue weighted by Crippen LogP contribution is 2.33. The minimum atomic E-state index is -4.46. The van der Waals surface area contributed by atoms with Gasteiger partial charge >= 0.3 is 6.18 Å². The third-order valence-electron chi connectivity index (χ3n) is 6.31. The van der Waals surface area contributed by atoms with Crippen LogP contribution in [0.25, 0.3) is 11.3 Å². The second-order valence-corrected chi connectivity index (χ2v) is 8.51. The molecule has 0 unspecified atom stereocenters. The molecule has 2 heterocycles. The summed E-state index contributed by atoms with van der Waals surface area (Å²) < 4.78 is 41.4. The number of fused-ring (bicyclic) bond motifs is 1. The van der Waals surface area contributed by atoms with Crippen molar-refractivity contribution < 1.29 is 13.2 Å². The van der Waals surface area contributed by atoms with Gasteiger partial charge < -0.3 is 10.6 Å². The Morgan fingerprint density at radius 3 is 2.34 bits per heavy atom. The smallest absolute Gasteiger partial charge is 0.382 e. The second kappa shape index (κ2) is 8.88. The number of rotatable bonds is 6. The maximum atomic E-state index is 13.3. The zero-order valence-electron chi connectivity index (χ0n) is 18.5. The van der Waals surface area contributed by atoms with Crippen molar-refractivity contribution in [1.82, 2.24) is 14.7 Å². The summed E-state index contributed by atoms with van der Waals surface area (Å²) in [6.45, 7) is 7.80. The maximum absolute atomic E-state index is 13.3. The van der Waals surface area contributed by atoms with Crippen LogP contribution in [0.15, 0.2) is 49.0 Å². The summed E-state index contributed by atoms with van der Waals surface area (Å²) in [6.07, 6.45) is 0.343. The first-order chi connectivity index (χ1) is 15.3. The Bertz CT molecular complexity index is 1090. The van der Waals surface area contributed by atoms with Gasteiger partial charge in [-0.15, -0.1) is 0 Å². The van der Waals surface area contributed by atoms with Crippen molar-refractivity contribution >= 4 is 17.2 Å². The SMILES string of the molecule is C=C(NC1CCC(Nc2cccc3nc(C(F)(F)F)c(C)n23)CC1)c1ccc(CC)cc1. The number of alkyl halides is 3. The Labute approximate surface area is 186 Å². The van der Waals surface area contributed by atoms with E-state index in [1.54, 1.807) is 16.5 Å². The first kappa shape index (κ1) is 22.2. The van der Waals surface area contributed by atoms with Crippen molar-refractivity contribution in [2.45, 2.75) is 64.2 Å². The second-order valence-electron chi connectivity index (χ2n) is 8.51. The monoisotopic (exact) mass is 442 g/mol. The minimum absolute atomic E-state index is 0.108. The molecule has 0 bridgehead atoms. The lowest BCUT2D eigenvalue weighted by atomic mass is 9.90. The molecule has 7 heteroatoms. The third-order valence-corrected chi connectivity index (χ3v) is 6.31. The normalized spacial score (nSPS) is 19.2. The van der Waals surface area contributed by atoms with Crippen LogP contribution in [-0.4, -0.2) is 21.5 Å². The fraction of sp³-hybridized carbons (Fsp3) is 0.400. The zero-order chi connectivity index (χ0) is 22.9. The lowest BCUT2D eigenvalue weighted by molar-refractivity contribution is -0.141. The van der Waals surface area contributed by atoms with Gasteiger partial charge in [-0.25, -0.2) is 4.98 Å². The summed E-state index contributed by atoms with van der Waals surface area (Å²) in [6, 6.07) is 14.2. The first-order valence-corrected chi connectivity index (χ1v) is 11.1. The zero-order valence-corrected chi connectivity index (χ0v) is 18.5. The van der Waals surface area contributed by atoms with E-state index in [0.29, 0.717) is 17.5 Å². The Hall–Kier alpha value is -2.96. The summed E-state index contributed by atoms with van der Waals surface area (Å²) in [4.78, 5) is 3.80. The van der Waals surface area contributed by atoms with Gasteiger partial charge in [0, 0.05) is 17.8 Å². The van der Waals surface area contributed by atoms with Crippen molar-refractivity contribution in [2.24, 2.45) is 0 Å². The molecule has 170 valence electrons. The molecule has 4 nitrogen and oxygen atoms in total. The number of imidazole rings is 1. The highest BCUT2D eigenvalue weighted by molar-refractivity contribution is 5.62. The number of pyridine rings is 1. The Morgan fingerprint density at radius 2 is 1.72 bits per heavy atom. The molecule has 1 aliphatic rings. The van der Waals surface area contributed by atoms with E-state index in [-0.39, 0.29) is 11.7 Å². The molecule has 32 heavy (non-hydrogen) atoms. The average molecular weight is 443 g/mol. The summed E-state index contributed by atoms with van der Waals surface area (Å²) in [5.74, 6) is 0.653. The third kappa shape index (κ3) is 4.61. The van der Waals surface area contributed by atoms with Crippen LogP contribution < -0.4 is 10.6 Å². The summed E-state index contributed by atoms with van der Waals surface area (Å²) in [5.41, 5.74) is 2.92. The molecule has 0 saturated heterocycles. The lowest BCUT2D eigenvalue weighted by Crippen LogP contribution is -2.36. The van der Waals surface area contributed by atoms with Gasteiger partial charge in [0.2, 0.25) is 0 Å². The van der Waals surface area contributed by atoms with Crippen LogP contribution in [0.3, 0.4) is 0 Å². The van der Waals surface area contributed by atoms with Gasteiger partial charge in [0.15, 0.2) is 5.69 Å². The van der Waals surface area contributed by atoms with Gasteiger partial charge in [-0.2, -0.15) is 13.2 Å². The molecule has 1 fully saturated rings. The lowest BCUT2D eigenvalue weighted by Gasteiger charge is -2.31. The number of aromatic nitrogens is 2. The number of hydrogen-bond donors (Lipinski definition) is 2. The number of aryl methyl sites for hydroxylation is 2. The van der Waals surface area contributed by atoms with Gasteiger partial charge in [-0.05, 0) is 62.3 Å². The van der Waals surface area contributed by atoms with Crippen LogP contribution in [-0.2, 0) is 12.6 Å². The molecule has 0 atom stereocenters. The molecule has 0 radical (unpaired) electrons. The largest absolute Gasteiger partial charge is 0.435 e. The molecule has 1 aliphatic carbocycles. The van der Waals surface area contributed by atoms with Gasteiger partial charge in [0.1, 0.15) is 11.5 Å². The molecular formula is C25H29F3N4. The quantitative estimate of drug-likeness (QED) is 0.477. The van der Waals surface area contributed by atoms with Crippen molar-refractivity contribution in [3.8, 4) is 0 Å². The highest BCUT2D eigenvalue weighted by Gasteiger charge is 2.37. The molecule has 1 aromatic carbocycles. The predicted octanol–water partition coefficient (Wildman–Crippen LogP) is 6.21. The van der Waals surface area contributed by atoms with E-state index in [1.807, 2.05) is 6.07 Å². The van der Waals surface area contributed by atoms with Crippen molar-refractivity contribution in [1.29, 1.82) is 0 Å². The van der Waals surface area contributed by atoms with Gasteiger partial charge in [0.05, 0.1) is 5.69 Å². The molecule has 4 rings (SSSR count). The van der Waals surface area contributed by atoms with Crippen molar-refractivity contribution in [2.75, 3.05) is 5.32 Å². The summed E-state index contributed by atoms with van der Waals surface area (Å²) in [5, 5.41) is 7.01. The highest BCUT2D eigenvalue weighted by atomic mass is 19.4. The van der Waals surface area contributed by atoms with E-state index in [4.69, 9.17) is 0 Å². The van der Waals surface area contributed by atoms with E-state index >= 15 is 0 Å². The number of hydrogen-bond acceptors (Lipinski definition) is 3. The van der Waals surface area contributed by atoms with Crippen LogP contribution >= 0.6 is 0 Å². The number of nitrogens with one attached hydrogen (secondary N) is 2. The fourth-order valence-corrected chi connectivity index (χ4v) is 4.48. The van der Waals surface area contributed by atoms with E-state index < -0.39 is 11.9 Å². The topological polar surface area (TPSA) is 41.4 Å². The average Bonchev–Trinajstić information content (AvgIpc) is 3.13. The standard InChI is InChI=1S/C25H29F3N4/c1-4-18-8-10-19(11-9-18)16(2)29-20-12-14-21(15-13-20)30-22-6-5-7-23-31-24(25(26,27)28)17(3)32(22)23/h5-11,20-21,29-30H,2,4,12-15H2,1,3H3. The van der Waals surface area contributed by atoms with Gasteiger partial charge in [0.25, 0.3) is 0 Å². The molecule has 0 spiro atoms. The van der Waals surface area contributed by atoms with Crippen LogP contribution in [0, 0.1) is 6.92 Å². The number of halogens is 3. The fourth-order valence-electron chi connectivity index (χ4n) is 4.48. The number of benzene rings is 1. The van der Waals surface area contributed by atoms with Crippen molar-refractivity contribution in [3.63, 3.8) is 0 Å². The van der Waals surface area contributed by atoms with Gasteiger partial charge in [-0.3, -0.25) is 4.40 Å². The molecule has 0 aliphatic heterocycles.